The third-order valence-electron chi connectivity index (χ3n) is 8.12. The summed E-state index contributed by atoms with van der Waals surface area (Å²) in [6.45, 7) is 10.9. The van der Waals surface area contributed by atoms with Gasteiger partial charge in [0, 0.05) is 24.0 Å². The summed E-state index contributed by atoms with van der Waals surface area (Å²) in [4.78, 5) is 26.4. The fourth-order valence-electron chi connectivity index (χ4n) is 5.94. The molecule has 0 bridgehead atoms. The molecule has 4 aromatic carbocycles. The van der Waals surface area contributed by atoms with Crippen molar-refractivity contribution in [2.45, 2.75) is 38.9 Å². The minimum atomic E-state index is -0.927. The third kappa shape index (κ3) is 5.56. The van der Waals surface area contributed by atoms with Crippen molar-refractivity contribution in [1.29, 1.82) is 0 Å². The number of Topliss-reactive ketones (excluding diaryl/α,β-unsaturated/α-hetero) is 2. The van der Waals surface area contributed by atoms with Crippen molar-refractivity contribution in [2.24, 2.45) is 0 Å². The fourth-order valence-corrected chi connectivity index (χ4v) is 5.94. The van der Waals surface area contributed by atoms with E-state index in [-0.39, 0.29) is 24.8 Å². The number of fused-ring (bicyclic) bond motifs is 6. The van der Waals surface area contributed by atoms with Crippen LogP contribution in [0.5, 0.6) is 11.5 Å². The van der Waals surface area contributed by atoms with Crippen LogP contribution in [0.1, 0.15) is 36.1 Å². The second-order valence-electron chi connectivity index (χ2n) is 11.3. The molecule has 216 valence electrons. The second-order valence-corrected chi connectivity index (χ2v) is 11.3. The Bertz CT molecular complexity index is 1640. The van der Waals surface area contributed by atoms with E-state index in [9.17, 15) is 9.59 Å². The van der Waals surface area contributed by atoms with Gasteiger partial charge in [-0.05, 0) is 70.5 Å². The summed E-state index contributed by atoms with van der Waals surface area (Å²) in [6.07, 6.45) is -0.400. The molecule has 2 aliphatic rings. The first-order chi connectivity index (χ1) is 20.8. The molecule has 0 spiro atoms. The van der Waals surface area contributed by atoms with Crippen molar-refractivity contribution in [3.8, 4) is 33.8 Å². The van der Waals surface area contributed by atoms with Gasteiger partial charge in [-0.3, -0.25) is 9.59 Å². The monoisotopic (exact) mass is 570 g/mol. The number of carbonyl (C=O) groups excluding carboxylic acids is 2. The molecule has 4 aromatic rings. The summed E-state index contributed by atoms with van der Waals surface area (Å²) in [7, 11) is 0. The van der Waals surface area contributed by atoms with Gasteiger partial charge in [0.15, 0.2) is 12.2 Å². The largest absolute Gasteiger partial charge is 0.480 e. The second kappa shape index (κ2) is 11.9. The van der Waals surface area contributed by atoms with E-state index in [4.69, 9.17) is 14.2 Å². The lowest BCUT2D eigenvalue weighted by molar-refractivity contribution is -0.128. The Balaban J connectivity index is 1.19. The Kier molecular flexibility index (Phi) is 7.83. The topological polar surface area (TPSA) is 61.8 Å². The van der Waals surface area contributed by atoms with Crippen LogP contribution >= 0.6 is 0 Å². The first-order valence-corrected chi connectivity index (χ1v) is 14.5. The molecule has 0 saturated carbocycles. The zero-order valence-electron chi connectivity index (χ0n) is 24.5. The molecule has 2 aliphatic carbocycles. The molecule has 0 aliphatic heterocycles. The molecular formula is C38H34O5. The van der Waals surface area contributed by atoms with Gasteiger partial charge in [0.1, 0.15) is 11.5 Å². The molecule has 0 N–H and O–H groups in total. The highest BCUT2D eigenvalue weighted by atomic mass is 16.6. The van der Waals surface area contributed by atoms with E-state index in [0.29, 0.717) is 22.6 Å². The molecule has 0 heterocycles. The van der Waals surface area contributed by atoms with Crippen molar-refractivity contribution in [3.63, 3.8) is 0 Å². The third-order valence-corrected chi connectivity index (χ3v) is 8.12. The molecule has 0 aromatic heterocycles. The zero-order valence-corrected chi connectivity index (χ0v) is 24.5. The maximum Gasteiger partial charge on any atom is 0.200 e. The summed E-state index contributed by atoms with van der Waals surface area (Å²) >= 11 is 0. The van der Waals surface area contributed by atoms with E-state index < -0.39 is 12.2 Å². The van der Waals surface area contributed by atoms with Crippen molar-refractivity contribution in [3.05, 3.63) is 131 Å². The fraction of sp³-hybridized carbons (Fsp3) is 0.211. The predicted molar refractivity (Wildman–Crippen MR) is 169 cm³/mol. The molecular weight excluding hydrogens is 536 g/mol. The van der Waals surface area contributed by atoms with Crippen LogP contribution in [0.4, 0.5) is 0 Å². The number of rotatable bonds is 12. The number of hydrogen-bond acceptors (Lipinski definition) is 5. The van der Waals surface area contributed by atoms with E-state index >= 15 is 0 Å². The molecule has 0 amide bonds. The van der Waals surface area contributed by atoms with Crippen LogP contribution in [0.2, 0.25) is 0 Å². The van der Waals surface area contributed by atoms with Gasteiger partial charge in [-0.1, -0.05) is 86.0 Å². The Morgan fingerprint density at radius 1 is 0.605 bits per heavy atom. The highest BCUT2D eigenvalue weighted by molar-refractivity contribution is 5.99. The first kappa shape index (κ1) is 28.4. The van der Waals surface area contributed by atoms with Crippen molar-refractivity contribution in [1.82, 2.24) is 0 Å². The molecule has 43 heavy (non-hydrogen) atoms. The van der Waals surface area contributed by atoms with Crippen LogP contribution in [0.15, 0.2) is 109 Å². The molecule has 5 nitrogen and oxygen atoms in total. The average molecular weight is 571 g/mol. The lowest BCUT2D eigenvalue weighted by Crippen LogP contribution is -2.37. The minimum Gasteiger partial charge on any atom is -0.480 e. The zero-order chi connectivity index (χ0) is 30.1. The van der Waals surface area contributed by atoms with Crippen molar-refractivity contribution >= 4 is 11.6 Å². The Hall–Kier alpha value is -4.74. The van der Waals surface area contributed by atoms with E-state index in [2.05, 4.69) is 49.6 Å². The van der Waals surface area contributed by atoms with Gasteiger partial charge in [0.05, 0.1) is 13.2 Å². The van der Waals surface area contributed by atoms with E-state index in [1.807, 2.05) is 48.5 Å². The number of ketones is 2. The van der Waals surface area contributed by atoms with E-state index in [1.165, 1.54) is 22.3 Å². The SMILES string of the molecule is C=C(C)C(=O)C(COCC(Oc1cccc2c1Cc1ccccc1-2)C(=O)C(=C)C)Oc1cccc2c1Cc1ccccc1-2. The van der Waals surface area contributed by atoms with Gasteiger partial charge in [-0.2, -0.15) is 0 Å². The summed E-state index contributed by atoms with van der Waals surface area (Å²) < 4.78 is 18.7. The molecule has 0 radical (unpaired) electrons. The standard InChI is InChI=1S/C38H34O5/c1-23(2)37(39)35(42-33-17-9-15-29-27-13-7-5-11-25(27)19-31(29)33)21-41-22-36(38(40)24(3)4)43-34-18-10-16-30-28-14-8-6-12-26(28)20-32(30)34/h5-18,35-36H,1,3,19-22H2,2,4H3. The molecule has 0 saturated heterocycles. The van der Waals surface area contributed by atoms with Gasteiger partial charge in [-0.15, -0.1) is 0 Å². The number of benzene rings is 4. The smallest absolute Gasteiger partial charge is 0.200 e. The summed E-state index contributed by atoms with van der Waals surface area (Å²) in [5, 5.41) is 0. The number of carbonyl (C=O) groups is 2. The van der Waals surface area contributed by atoms with Gasteiger partial charge >= 0.3 is 0 Å². The molecule has 2 atom stereocenters. The summed E-state index contributed by atoms with van der Waals surface area (Å²) in [5.74, 6) is 0.773. The van der Waals surface area contributed by atoms with Gasteiger partial charge < -0.3 is 14.2 Å². The van der Waals surface area contributed by atoms with Crippen LogP contribution in [0, 0.1) is 0 Å². The molecule has 5 heteroatoms. The summed E-state index contributed by atoms with van der Waals surface area (Å²) in [6, 6.07) is 28.3. The van der Waals surface area contributed by atoms with Gasteiger partial charge in [-0.25, -0.2) is 0 Å². The Labute approximate surface area is 252 Å². The van der Waals surface area contributed by atoms with Crippen LogP contribution in [-0.4, -0.2) is 37.0 Å². The van der Waals surface area contributed by atoms with Crippen LogP contribution in [0.25, 0.3) is 22.3 Å². The van der Waals surface area contributed by atoms with Gasteiger partial charge in [0.2, 0.25) is 11.6 Å². The van der Waals surface area contributed by atoms with E-state index in [1.54, 1.807) is 13.8 Å². The normalized spacial score (nSPS) is 13.6. The van der Waals surface area contributed by atoms with Crippen molar-refractivity contribution < 1.29 is 23.8 Å². The maximum atomic E-state index is 13.2. The Morgan fingerprint density at radius 3 is 1.42 bits per heavy atom. The lowest BCUT2D eigenvalue weighted by atomic mass is 10.1. The lowest BCUT2D eigenvalue weighted by Gasteiger charge is -2.23. The quantitative estimate of drug-likeness (QED) is 0.144. The van der Waals surface area contributed by atoms with E-state index in [0.717, 1.165) is 35.1 Å². The Morgan fingerprint density at radius 2 is 1.00 bits per heavy atom. The van der Waals surface area contributed by atoms with Crippen molar-refractivity contribution in [2.75, 3.05) is 13.2 Å². The number of hydrogen-bond donors (Lipinski definition) is 0. The highest BCUT2D eigenvalue weighted by Gasteiger charge is 2.29. The maximum absolute atomic E-state index is 13.2. The summed E-state index contributed by atoms with van der Waals surface area (Å²) in [5.41, 5.74) is 9.84. The predicted octanol–water partition coefficient (Wildman–Crippen LogP) is 7.33. The molecule has 6 rings (SSSR count). The molecule has 0 fully saturated rings. The number of ether oxygens (including phenoxy) is 3. The molecule has 2 unspecified atom stereocenters. The van der Waals surface area contributed by atoms with Crippen LogP contribution < -0.4 is 9.47 Å². The van der Waals surface area contributed by atoms with Crippen LogP contribution in [0.3, 0.4) is 0 Å². The first-order valence-electron chi connectivity index (χ1n) is 14.5. The average Bonchev–Trinajstić information content (AvgIpc) is 3.59. The van der Waals surface area contributed by atoms with Crippen LogP contribution in [-0.2, 0) is 27.2 Å². The van der Waals surface area contributed by atoms with Gasteiger partial charge in [0.25, 0.3) is 0 Å². The minimum absolute atomic E-state index is 0.0655. The highest BCUT2D eigenvalue weighted by Crippen LogP contribution is 2.42.